The lowest BCUT2D eigenvalue weighted by Crippen LogP contribution is -2.65. The summed E-state index contributed by atoms with van der Waals surface area (Å²) in [4.78, 5) is 26.6. The average Bonchev–Trinajstić information content (AvgIpc) is 3.30. The Bertz CT molecular complexity index is 1240. The number of carbonyl (C=O) groups is 2. The number of hydrogen-bond donors (Lipinski definition) is 2. The number of alkyl carbamates (subject to hydrolysis) is 1. The molecule has 0 spiro atoms. The Kier molecular flexibility index (Phi) is 8.49. The number of halogens is 1. The fraction of sp³-hybridized carbons (Fsp3) is 0.562. The number of carbonyl (C=O) groups excluding carboxylic acids is 2. The van der Waals surface area contributed by atoms with Gasteiger partial charge in [-0.2, -0.15) is 0 Å². The summed E-state index contributed by atoms with van der Waals surface area (Å²) >= 11 is 0. The first-order valence-corrected chi connectivity index (χ1v) is 14.8. The fourth-order valence-corrected chi connectivity index (χ4v) is 7.10. The van der Waals surface area contributed by atoms with Crippen LogP contribution in [0.15, 0.2) is 54.6 Å². The molecule has 1 aliphatic heterocycles. The number of benzene rings is 2. The molecule has 6 rings (SSSR count). The summed E-state index contributed by atoms with van der Waals surface area (Å²) in [5.41, 5.74) is 0.941. The van der Waals surface area contributed by atoms with Crippen molar-refractivity contribution < 1.29 is 28.0 Å². The van der Waals surface area contributed by atoms with Crippen molar-refractivity contribution in [2.75, 3.05) is 0 Å². The first-order valence-electron chi connectivity index (χ1n) is 14.8. The first-order chi connectivity index (χ1) is 19.5. The molecule has 220 valence electrons. The molecule has 9 heteroatoms. The SMILES string of the molecule is CC(C)C[C@H](NC(=O)[C@H](Cc1ccccc1F)NC(=O)OCc1ccccc1)B1O[C@@H]2C[C@@H]3C[C@@H](C3(C)C)[C@]2(C)O1. The van der Waals surface area contributed by atoms with Crippen LogP contribution in [0, 0.1) is 29.0 Å². The van der Waals surface area contributed by atoms with Gasteiger partial charge in [0.25, 0.3) is 0 Å². The third-order valence-corrected chi connectivity index (χ3v) is 9.55. The Morgan fingerprint density at radius 2 is 1.76 bits per heavy atom. The monoisotopic (exact) mass is 564 g/mol. The van der Waals surface area contributed by atoms with Crippen LogP contribution in [0.4, 0.5) is 9.18 Å². The minimum absolute atomic E-state index is 0.0175. The van der Waals surface area contributed by atoms with Crippen LogP contribution in [0.5, 0.6) is 0 Å². The van der Waals surface area contributed by atoms with Gasteiger partial charge >= 0.3 is 13.2 Å². The van der Waals surface area contributed by atoms with E-state index in [1.54, 1.807) is 18.2 Å². The largest absolute Gasteiger partial charge is 0.481 e. The van der Waals surface area contributed by atoms with Gasteiger partial charge in [-0.25, -0.2) is 9.18 Å². The maximum absolute atomic E-state index is 14.6. The van der Waals surface area contributed by atoms with Crippen LogP contribution in [0.3, 0.4) is 0 Å². The standard InChI is InChI=1S/C32H42BFN2O5/c1-20(2)15-28(33-40-27-18-23-17-26(31(23,3)4)32(27,5)41-33)36-29(37)25(16-22-13-9-10-14-24(22)34)35-30(38)39-19-21-11-7-6-8-12-21/h6-14,20,23,25-28H,15-19H2,1-5H3,(H,35,38)(H,36,37)/t23-,25-,26-,27+,28-,32-/m0/s1. The molecular formula is C32H42BFN2O5. The molecule has 0 unspecified atom stereocenters. The molecular weight excluding hydrogens is 522 g/mol. The third-order valence-electron chi connectivity index (χ3n) is 9.55. The second-order valence-electron chi connectivity index (χ2n) is 13.1. The molecule has 4 fully saturated rings. The Morgan fingerprint density at radius 3 is 2.44 bits per heavy atom. The molecule has 1 heterocycles. The van der Waals surface area contributed by atoms with E-state index in [0.717, 1.165) is 18.4 Å². The highest BCUT2D eigenvalue weighted by molar-refractivity contribution is 6.48. The molecule has 3 saturated carbocycles. The molecule has 0 aromatic heterocycles. The molecule has 3 aliphatic carbocycles. The summed E-state index contributed by atoms with van der Waals surface area (Å²) in [6.07, 6.45) is 1.91. The predicted octanol–water partition coefficient (Wildman–Crippen LogP) is 5.46. The molecule has 7 nitrogen and oxygen atoms in total. The van der Waals surface area contributed by atoms with E-state index >= 15 is 0 Å². The Hall–Kier alpha value is -2.91. The fourth-order valence-electron chi connectivity index (χ4n) is 7.10. The average molecular weight is 565 g/mol. The van der Waals surface area contributed by atoms with Gasteiger partial charge in [0.1, 0.15) is 18.5 Å². The van der Waals surface area contributed by atoms with Gasteiger partial charge in [0.05, 0.1) is 17.6 Å². The second-order valence-corrected chi connectivity index (χ2v) is 13.1. The van der Waals surface area contributed by atoms with Crippen molar-refractivity contribution in [3.8, 4) is 0 Å². The predicted molar refractivity (Wildman–Crippen MR) is 155 cm³/mol. The van der Waals surface area contributed by atoms with E-state index < -0.39 is 42.5 Å². The highest BCUT2D eigenvalue weighted by atomic mass is 19.1. The van der Waals surface area contributed by atoms with Gasteiger partial charge in [-0.15, -0.1) is 0 Å². The zero-order valence-corrected chi connectivity index (χ0v) is 24.7. The van der Waals surface area contributed by atoms with Crippen LogP contribution in [0.1, 0.15) is 65.0 Å². The molecule has 2 aromatic rings. The minimum atomic E-state index is -1.06. The van der Waals surface area contributed by atoms with E-state index in [1.165, 1.54) is 6.07 Å². The van der Waals surface area contributed by atoms with Crippen LogP contribution in [0.25, 0.3) is 0 Å². The van der Waals surface area contributed by atoms with Gasteiger partial charge in [0, 0.05) is 6.42 Å². The number of amides is 2. The van der Waals surface area contributed by atoms with Gasteiger partial charge in [-0.3, -0.25) is 4.79 Å². The number of ether oxygens (including phenoxy) is 1. The van der Waals surface area contributed by atoms with Crippen LogP contribution in [-0.2, 0) is 31.9 Å². The smallest absolute Gasteiger partial charge is 0.445 e. The number of rotatable bonds is 10. The molecule has 0 radical (unpaired) electrons. The van der Waals surface area contributed by atoms with Crippen molar-refractivity contribution in [3.63, 3.8) is 0 Å². The summed E-state index contributed by atoms with van der Waals surface area (Å²) in [5, 5.41) is 5.78. The van der Waals surface area contributed by atoms with Crippen molar-refractivity contribution in [3.05, 3.63) is 71.5 Å². The Labute approximate surface area is 243 Å². The van der Waals surface area contributed by atoms with Gasteiger partial charge in [-0.1, -0.05) is 76.2 Å². The van der Waals surface area contributed by atoms with Gasteiger partial charge in [-0.05, 0) is 66.5 Å². The van der Waals surface area contributed by atoms with Crippen molar-refractivity contribution in [1.82, 2.24) is 10.6 Å². The Morgan fingerprint density at radius 1 is 1.05 bits per heavy atom. The third kappa shape index (κ3) is 6.16. The molecule has 1 saturated heterocycles. The summed E-state index contributed by atoms with van der Waals surface area (Å²) in [7, 11) is -0.606. The summed E-state index contributed by atoms with van der Waals surface area (Å²) in [6, 6.07) is 14.5. The lowest BCUT2D eigenvalue weighted by molar-refractivity contribution is -0.199. The van der Waals surface area contributed by atoms with E-state index in [9.17, 15) is 14.0 Å². The minimum Gasteiger partial charge on any atom is -0.445 e. The highest BCUT2D eigenvalue weighted by Crippen LogP contribution is 2.65. The van der Waals surface area contributed by atoms with Gasteiger partial charge < -0.3 is 24.7 Å². The van der Waals surface area contributed by atoms with E-state index in [0.29, 0.717) is 23.8 Å². The quantitative estimate of drug-likeness (QED) is 0.375. The molecule has 6 atom stereocenters. The van der Waals surface area contributed by atoms with Crippen molar-refractivity contribution in [2.24, 2.45) is 23.2 Å². The van der Waals surface area contributed by atoms with Gasteiger partial charge in [0.15, 0.2) is 0 Å². The van der Waals surface area contributed by atoms with Gasteiger partial charge in [0.2, 0.25) is 5.91 Å². The summed E-state index contributed by atoms with van der Waals surface area (Å²) < 4.78 is 33.2. The normalized spacial score (nSPS) is 27.4. The lowest BCUT2D eigenvalue weighted by atomic mass is 9.43. The summed E-state index contributed by atoms with van der Waals surface area (Å²) in [6.45, 7) is 11.0. The molecule has 2 N–H and O–H groups in total. The maximum atomic E-state index is 14.6. The summed E-state index contributed by atoms with van der Waals surface area (Å²) in [5.74, 6) is -0.0503. The van der Waals surface area contributed by atoms with Crippen molar-refractivity contribution in [1.29, 1.82) is 0 Å². The topological polar surface area (TPSA) is 85.9 Å². The number of nitrogens with one attached hydrogen (secondary N) is 2. The maximum Gasteiger partial charge on any atom is 0.481 e. The molecule has 2 bridgehead atoms. The van der Waals surface area contributed by atoms with Crippen LogP contribution < -0.4 is 10.6 Å². The van der Waals surface area contributed by atoms with Crippen LogP contribution in [-0.4, -0.2) is 42.8 Å². The molecule has 41 heavy (non-hydrogen) atoms. The van der Waals surface area contributed by atoms with E-state index in [2.05, 4.69) is 45.3 Å². The van der Waals surface area contributed by atoms with E-state index in [1.807, 2.05) is 30.3 Å². The van der Waals surface area contributed by atoms with E-state index in [4.69, 9.17) is 14.0 Å². The number of hydrogen-bond acceptors (Lipinski definition) is 5. The Balaban J connectivity index is 1.30. The van der Waals surface area contributed by atoms with Crippen LogP contribution >= 0.6 is 0 Å². The van der Waals surface area contributed by atoms with Crippen molar-refractivity contribution >= 4 is 19.1 Å². The molecule has 4 aliphatic rings. The molecule has 2 amide bonds. The van der Waals surface area contributed by atoms with E-state index in [-0.39, 0.29) is 30.5 Å². The zero-order chi connectivity index (χ0) is 29.4. The van der Waals surface area contributed by atoms with Crippen molar-refractivity contribution in [2.45, 2.75) is 90.6 Å². The molecule has 2 aromatic carbocycles. The second kappa shape index (κ2) is 11.8. The first kappa shape index (κ1) is 29.6. The van der Waals surface area contributed by atoms with Crippen LogP contribution in [0.2, 0.25) is 0 Å². The zero-order valence-electron chi connectivity index (χ0n) is 24.7. The lowest BCUT2D eigenvalue weighted by Gasteiger charge is -2.64. The highest BCUT2D eigenvalue weighted by Gasteiger charge is 2.68.